The van der Waals surface area contributed by atoms with Gasteiger partial charge in [-0.25, -0.2) is 0 Å². The van der Waals surface area contributed by atoms with Crippen LogP contribution < -0.4 is 11.1 Å². The van der Waals surface area contributed by atoms with Crippen LogP contribution in [-0.4, -0.2) is 18.0 Å². The molecule has 0 aliphatic heterocycles. The molecule has 1 saturated carbocycles. The van der Waals surface area contributed by atoms with Crippen molar-refractivity contribution in [1.29, 1.82) is 0 Å². The summed E-state index contributed by atoms with van der Waals surface area (Å²) >= 11 is 0. The van der Waals surface area contributed by atoms with E-state index in [4.69, 9.17) is 5.73 Å². The van der Waals surface area contributed by atoms with Crippen LogP contribution in [0, 0.1) is 5.92 Å². The molecule has 82 valence electrons. The summed E-state index contributed by atoms with van der Waals surface area (Å²) in [6.45, 7) is 4.91. The summed E-state index contributed by atoms with van der Waals surface area (Å²) in [5.41, 5.74) is 5.90. The monoisotopic (exact) mass is 198 g/mol. The third kappa shape index (κ3) is 3.66. The molecule has 0 atom stereocenters. The second-order valence-electron chi connectivity index (χ2n) is 4.93. The van der Waals surface area contributed by atoms with Crippen molar-refractivity contribution in [1.82, 2.24) is 5.32 Å². The molecule has 0 bridgehead atoms. The Morgan fingerprint density at radius 2 is 2.14 bits per heavy atom. The predicted octanol–water partition coefficient (Wildman–Crippen LogP) is 1.42. The van der Waals surface area contributed by atoms with Gasteiger partial charge in [-0.2, -0.15) is 0 Å². The largest absolute Gasteiger partial charge is 0.354 e. The third-order valence-electron chi connectivity index (χ3n) is 2.94. The lowest BCUT2D eigenvalue weighted by atomic mass is 9.78. The Morgan fingerprint density at radius 1 is 1.50 bits per heavy atom. The van der Waals surface area contributed by atoms with Crippen molar-refractivity contribution >= 4 is 5.91 Å². The van der Waals surface area contributed by atoms with Gasteiger partial charge in [0.25, 0.3) is 0 Å². The van der Waals surface area contributed by atoms with Crippen LogP contribution in [0.2, 0.25) is 0 Å². The molecule has 1 amide bonds. The van der Waals surface area contributed by atoms with E-state index in [9.17, 15) is 4.79 Å². The number of hydrogen-bond donors (Lipinski definition) is 2. The maximum atomic E-state index is 11.4. The number of rotatable bonds is 5. The topological polar surface area (TPSA) is 55.1 Å². The summed E-state index contributed by atoms with van der Waals surface area (Å²) in [5.74, 6) is 0.742. The Bertz CT molecular complexity index is 197. The lowest BCUT2D eigenvalue weighted by molar-refractivity contribution is -0.121. The van der Waals surface area contributed by atoms with E-state index in [-0.39, 0.29) is 11.4 Å². The minimum atomic E-state index is -0.0898. The quantitative estimate of drug-likeness (QED) is 0.702. The molecule has 1 aliphatic carbocycles. The molecule has 3 heteroatoms. The molecule has 3 nitrogen and oxygen atoms in total. The van der Waals surface area contributed by atoms with Gasteiger partial charge in [-0.05, 0) is 31.6 Å². The molecule has 0 aromatic heterocycles. The fraction of sp³-hybridized carbons (Fsp3) is 0.909. The van der Waals surface area contributed by atoms with E-state index in [2.05, 4.69) is 19.2 Å². The Morgan fingerprint density at radius 3 is 2.57 bits per heavy atom. The van der Waals surface area contributed by atoms with E-state index in [1.807, 2.05) is 0 Å². The zero-order chi connectivity index (χ0) is 10.6. The van der Waals surface area contributed by atoms with Crippen LogP contribution in [0.15, 0.2) is 0 Å². The number of hydrogen-bond acceptors (Lipinski definition) is 2. The minimum Gasteiger partial charge on any atom is -0.354 e. The summed E-state index contributed by atoms with van der Waals surface area (Å²) in [4.78, 5) is 11.4. The van der Waals surface area contributed by atoms with E-state index in [0.717, 1.165) is 19.3 Å². The van der Waals surface area contributed by atoms with E-state index in [0.29, 0.717) is 18.9 Å². The van der Waals surface area contributed by atoms with Crippen molar-refractivity contribution in [2.45, 2.75) is 51.5 Å². The molecule has 1 rings (SSSR count). The fourth-order valence-electron chi connectivity index (χ4n) is 1.59. The van der Waals surface area contributed by atoms with Gasteiger partial charge in [-0.15, -0.1) is 0 Å². The first kappa shape index (κ1) is 11.5. The van der Waals surface area contributed by atoms with E-state index in [1.54, 1.807) is 0 Å². The SMILES string of the molecule is CC(C)CCC(=O)NCC1(N)CCC1. The zero-order valence-corrected chi connectivity index (χ0v) is 9.31. The first-order chi connectivity index (χ1) is 6.52. The number of carbonyl (C=O) groups is 1. The Hall–Kier alpha value is -0.570. The second kappa shape index (κ2) is 4.78. The van der Waals surface area contributed by atoms with Crippen LogP contribution in [0.1, 0.15) is 46.0 Å². The molecule has 0 spiro atoms. The summed E-state index contributed by atoms with van der Waals surface area (Å²) in [6, 6.07) is 0. The Kier molecular flexibility index (Phi) is 3.93. The smallest absolute Gasteiger partial charge is 0.220 e. The standard InChI is InChI=1S/C11H22N2O/c1-9(2)4-5-10(14)13-8-11(12)6-3-7-11/h9H,3-8,12H2,1-2H3,(H,13,14). The number of nitrogens with two attached hydrogens (primary N) is 1. The maximum absolute atomic E-state index is 11.4. The molecule has 14 heavy (non-hydrogen) atoms. The van der Waals surface area contributed by atoms with Gasteiger partial charge in [0.1, 0.15) is 0 Å². The highest BCUT2D eigenvalue weighted by Gasteiger charge is 2.32. The Labute approximate surface area is 86.4 Å². The average Bonchev–Trinajstić information content (AvgIpc) is 2.08. The molecule has 0 saturated heterocycles. The molecular formula is C11H22N2O. The predicted molar refractivity (Wildman–Crippen MR) is 57.9 cm³/mol. The first-order valence-corrected chi connectivity index (χ1v) is 5.57. The maximum Gasteiger partial charge on any atom is 0.220 e. The molecule has 1 aliphatic rings. The van der Waals surface area contributed by atoms with Crippen molar-refractivity contribution in [2.24, 2.45) is 11.7 Å². The van der Waals surface area contributed by atoms with E-state index >= 15 is 0 Å². The lowest BCUT2D eigenvalue weighted by Gasteiger charge is -2.38. The fourth-order valence-corrected chi connectivity index (χ4v) is 1.59. The highest BCUT2D eigenvalue weighted by molar-refractivity contribution is 5.75. The number of nitrogens with one attached hydrogen (secondary N) is 1. The summed E-state index contributed by atoms with van der Waals surface area (Å²) in [7, 11) is 0. The second-order valence-corrected chi connectivity index (χ2v) is 4.93. The van der Waals surface area contributed by atoms with Gasteiger partial charge >= 0.3 is 0 Å². The normalized spacial score (nSPS) is 19.1. The third-order valence-corrected chi connectivity index (χ3v) is 2.94. The van der Waals surface area contributed by atoms with Crippen molar-refractivity contribution < 1.29 is 4.79 Å². The molecule has 1 fully saturated rings. The molecule has 0 aromatic carbocycles. The molecule has 0 heterocycles. The Balaban J connectivity index is 2.08. The van der Waals surface area contributed by atoms with Gasteiger partial charge in [0, 0.05) is 18.5 Å². The van der Waals surface area contributed by atoms with Gasteiger partial charge in [0.05, 0.1) is 0 Å². The highest BCUT2D eigenvalue weighted by atomic mass is 16.1. The number of carbonyl (C=O) groups excluding carboxylic acids is 1. The van der Waals surface area contributed by atoms with Crippen LogP contribution in [0.25, 0.3) is 0 Å². The number of amides is 1. The summed E-state index contributed by atoms with van der Waals surface area (Å²) < 4.78 is 0. The van der Waals surface area contributed by atoms with E-state index < -0.39 is 0 Å². The lowest BCUT2D eigenvalue weighted by Crippen LogP contribution is -2.54. The van der Waals surface area contributed by atoms with Gasteiger partial charge in [0.15, 0.2) is 0 Å². The molecule has 3 N–H and O–H groups in total. The summed E-state index contributed by atoms with van der Waals surface area (Å²) in [6.07, 6.45) is 4.91. The van der Waals surface area contributed by atoms with Crippen molar-refractivity contribution in [3.8, 4) is 0 Å². The van der Waals surface area contributed by atoms with Crippen LogP contribution >= 0.6 is 0 Å². The molecule has 0 radical (unpaired) electrons. The first-order valence-electron chi connectivity index (χ1n) is 5.57. The van der Waals surface area contributed by atoms with E-state index in [1.165, 1.54) is 6.42 Å². The minimum absolute atomic E-state index is 0.0898. The van der Waals surface area contributed by atoms with Crippen LogP contribution in [-0.2, 0) is 4.79 Å². The van der Waals surface area contributed by atoms with Crippen molar-refractivity contribution in [3.05, 3.63) is 0 Å². The highest BCUT2D eigenvalue weighted by Crippen LogP contribution is 2.27. The van der Waals surface area contributed by atoms with Gasteiger partial charge in [-0.3, -0.25) is 4.79 Å². The molecule has 0 unspecified atom stereocenters. The van der Waals surface area contributed by atoms with Gasteiger partial charge < -0.3 is 11.1 Å². The molecular weight excluding hydrogens is 176 g/mol. The average molecular weight is 198 g/mol. The van der Waals surface area contributed by atoms with Gasteiger partial charge in [0.2, 0.25) is 5.91 Å². The van der Waals surface area contributed by atoms with Crippen LogP contribution in [0.3, 0.4) is 0 Å². The van der Waals surface area contributed by atoms with Gasteiger partial charge in [-0.1, -0.05) is 13.8 Å². The van der Waals surface area contributed by atoms with Crippen LogP contribution in [0.4, 0.5) is 0 Å². The van der Waals surface area contributed by atoms with Crippen molar-refractivity contribution in [2.75, 3.05) is 6.54 Å². The zero-order valence-electron chi connectivity index (χ0n) is 9.31. The summed E-state index contributed by atoms with van der Waals surface area (Å²) in [5, 5.41) is 2.92. The van der Waals surface area contributed by atoms with Crippen molar-refractivity contribution in [3.63, 3.8) is 0 Å². The van der Waals surface area contributed by atoms with Crippen LogP contribution in [0.5, 0.6) is 0 Å². The molecule has 0 aromatic rings.